The van der Waals surface area contributed by atoms with Gasteiger partial charge in [0, 0.05) is 0 Å². The quantitative estimate of drug-likeness (QED) is 0.887. The van der Waals surface area contributed by atoms with Crippen molar-refractivity contribution in [3.05, 3.63) is 70.8 Å². The molecule has 126 valence electrons. The summed E-state index contributed by atoms with van der Waals surface area (Å²) in [7, 11) is 0. The van der Waals surface area contributed by atoms with E-state index in [1.165, 1.54) is 30.4 Å². The van der Waals surface area contributed by atoms with Gasteiger partial charge >= 0.3 is 0 Å². The fourth-order valence-electron chi connectivity index (χ4n) is 3.39. The van der Waals surface area contributed by atoms with Gasteiger partial charge in [-0.1, -0.05) is 48.5 Å². The van der Waals surface area contributed by atoms with Gasteiger partial charge in [-0.2, -0.15) is 0 Å². The third-order valence-corrected chi connectivity index (χ3v) is 4.87. The van der Waals surface area contributed by atoms with Crippen molar-refractivity contribution >= 4 is 5.91 Å². The summed E-state index contributed by atoms with van der Waals surface area (Å²) in [5.74, 6) is -0.0935. The molecule has 1 aliphatic carbocycles. The predicted molar refractivity (Wildman–Crippen MR) is 97.8 cm³/mol. The SMILES string of the molecule is CC(NC(=O)C(N)Cc1ccccc1)c1ccc2c(c1)CCCC2. The van der Waals surface area contributed by atoms with Gasteiger partial charge in [-0.05, 0) is 61.3 Å². The molecule has 3 N–H and O–H groups in total. The molecule has 24 heavy (non-hydrogen) atoms. The van der Waals surface area contributed by atoms with Gasteiger partial charge in [0.2, 0.25) is 5.91 Å². The number of hydrogen-bond donors (Lipinski definition) is 2. The van der Waals surface area contributed by atoms with Crippen molar-refractivity contribution in [2.75, 3.05) is 0 Å². The first-order valence-corrected chi connectivity index (χ1v) is 8.85. The molecule has 0 saturated heterocycles. The molecule has 3 heteroatoms. The number of nitrogens with one attached hydrogen (secondary N) is 1. The molecule has 3 rings (SSSR count). The normalized spacial score (nSPS) is 16.1. The van der Waals surface area contributed by atoms with Crippen LogP contribution in [0.3, 0.4) is 0 Å². The first-order chi connectivity index (χ1) is 11.6. The third kappa shape index (κ3) is 4.04. The van der Waals surface area contributed by atoms with E-state index in [2.05, 4.69) is 23.5 Å². The minimum atomic E-state index is -0.521. The number of rotatable bonds is 5. The summed E-state index contributed by atoms with van der Waals surface area (Å²) in [6.45, 7) is 2.03. The number of amides is 1. The van der Waals surface area contributed by atoms with Crippen LogP contribution >= 0.6 is 0 Å². The van der Waals surface area contributed by atoms with Crippen LogP contribution in [0, 0.1) is 0 Å². The van der Waals surface area contributed by atoms with Crippen LogP contribution in [0.25, 0.3) is 0 Å². The largest absolute Gasteiger partial charge is 0.348 e. The highest BCUT2D eigenvalue weighted by molar-refractivity contribution is 5.82. The molecule has 0 spiro atoms. The highest BCUT2D eigenvalue weighted by Crippen LogP contribution is 2.24. The van der Waals surface area contributed by atoms with Crippen molar-refractivity contribution in [3.8, 4) is 0 Å². The fraction of sp³-hybridized carbons (Fsp3) is 0.381. The molecule has 1 amide bonds. The Morgan fingerprint density at radius 1 is 1.08 bits per heavy atom. The zero-order valence-corrected chi connectivity index (χ0v) is 14.3. The molecule has 2 unspecified atom stereocenters. The van der Waals surface area contributed by atoms with Crippen molar-refractivity contribution in [2.24, 2.45) is 5.73 Å². The van der Waals surface area contributed by atoms with Crippen LogP contribution < -0.4 is 11.1 Å². The van der Waals surface area contributed by atoms with Crippen LogP contribution in [0.15, 0.2) is 48.5 Å². The maximum Gasteiger partial charge on any atom is 0.237 e. The zero-order chi connectivity index (χ0) is 16.9. The molecule has 0 saturated carbocycles. The number of aryl methyl sites for hydroxylation is 2. The molecule has 2 aromatic carbocycles. The summed E-state index contributed by atoms with van der Waals surface area (Å²) >= 11 is 0. The monoisotopic (exact) mass is 322 g/mol. The molecule has 0 bridgehead atoms. The number of hydrogen-bond acceptors (Lipinski definition) is 2. The minimum absolute atomic E-state index is 0.0217. The summed E-state index contributed by atoms with van der Waals surface area (Å²) in [6.07, 6.45) is 5.44. The fourth-order valence-corrected chi connectivity index (χ4v) is 3.39. The number of fused-ring (bicyclic) bond motifs is 1. The van der Waals surface area contributed by atoms with Crippen molar-refractivity contribution in [1.82, 2.24) is 5.32 Å². The van der Waals surface area contributed by atoms with Crippen molar-refractivity contribution in [2.45, 2.75) is 51.1 Å². The summed E-state index contributed by atoms with van der Waals surface area (Å²) in [6, 6.07) is 16.0. The van der Waals surface area contributed by atoms with E-state index in [1.54, 1.807) is 0 Å². The standard InChI is InChI=1S/C21H26N2O/c1-15(18-12-11-17-9-5-6-10-19(17)14-18)23-21(24)20(22)13-16-7-3-2-4-8-16/h2-4,7-8,11-12,14-15,20H,5-6,9-10,13,22H2,1H3,(H,23,24). The maximum atomic E-state index is 12.4. The van der Waals surface area contributed by atoms with Crippen LogP contribution in [-0.2, 0) is 24.1 Å². The molecule has 0 heterocycles. The van der Waals surface area contributed by atoms with Gasteiger partial charge in [0.15, 0.2) is 0 Å². The summed E-state index contributed by atoms with van der Waals surface area (Å²) in [5.41, 5.74) is 11.2. The van der Waals surface area contributed by atoms with Gasteiger partial charge in [0.1, 0.15) is 0 Å². The Bertz CT molecular complexity index is 696. The number of carbonyl (C=O) groups is 1. The van der Waals surface area contributed by atoms with Crippen LogP contribution in [0.2, 0.25) is 0 Å². The van der Waals surface area contributed by atoms with E-state index in [0.29, 0.717) is 6.42 Å². The molecular formula is C21H26N2O. The summed E-state index contributed by atoms with van der Waals surface area (Å²) in [5, 5.41) is 3.06. The van der Waals surface area contributed by atoms with Crippen LogP contribution in [0.1, 0.15) is 48.1 Å². The van der Waals surface area contributed by atoms with Gasteiger partial charge in [-0.25, -0.2) is 0 Å². The Labute approximate surface area is 144 Å². The first kappa shape index (κ1) is 16.7. The summed E-state index contributed by atoms with van der Waals surface area (Å²) < 4.78 is 0. The van der Waals surface area contributed by atoms with Crippen molar-refractivity contribution in [1.29, 1.82) is 0 Å². The second-order valence-corrected chi connectivity index (χ2v) is 6.76. The lowest BCUT2D eigenvalue weighted by molar-refractivity contribution is -0.123. The minimum Gasteiger partial charge on any atom is -0.348 e. The van der Waals surface area contributed by atoms with Crippen LogP contribution in [0.4, 0.5) is 0 Å². The van der Waals surface area contributed by atoms with Crippen molar-refractivity contribution < 1.29 is 4.79 Å². The number of nitrogens with two attached hydrogens (primary N) is 1. The Kier molecular flexibility index (Phi) is 5.31. The molecule has 2 aromatic rings. The Morgan fingerprint density at radius 3 is 2.54 bits per heavy atom. The molecular weight excluding hydrogens is 296 g/mol. The van der Waals surface area contributed by atoms with E-state index in [-0.39, 0.29) is 11.9 Å². The lowest BCUT2D eigenvalue weighted by atomic mass is 9.89. The zero-order valence-electron chi connectivity index (χ0n) is 14.3. The highest BCUT2D eigenvalue weighted by atomic mass is 16.2. The lowest BCUT2D eigenvalue weighted by Gasteiger charge is -2.21. The van der Waals surface area contributed by atoms with Gasteiger partial charge in [0.05, 0.1) is 12.1 Å². The van der Waals surface area contributed by atoms with Gasteiger partial charge < -0.3 is 11.1 Å². The molecule has 0 fully saturated rings. The maximum absolute atomic E-state index is 12.4. The number of carbonyl (C=O) groups excluding carboxylic acids is 1. The van der Waals surface area contributed by atoms with Gasteiger partial charge in [-0.3, -0.25) is 4.79 Å². The second-order valence-electron chi connectivity index (χ2n) is 6.76. The Morgan fingerprint density at radius 2 is 1.79 bits per heavy atom. The van der Waals surface area contributed by atoms with Gasteiger partial charge in [0.25, 0.3) is 0 Å². The first-order valence-electron chi connectivity index (χ1n) is 8.85. The predicted octanol–water partition coefficient (Wildman–Crippen LogP) is 3.31. The Hall–Kier alpha value is -2.13. The van der Waals surface area contributed by atoms with E-state index in [0.717, 1.165) is 17.5 Å². The van der Waals surface area contributed by atoms with E-state index >= 15 is 0 Å². The smallest absolute Gasteiger partial charge is 0.237 e. The molecule has 0 radical (unpaired) electrons. The third-order valence-electron chi connectivity index (χ3n) is 4.87. The molecule has 1 aliphatic rings. The second kappa shape index (κ2) is 7.63. The van der Waals surface area contributed by atoms with E-state index in [9.17, 15) is 4.79 Å². The average molecular weight is 322 g/mol. The van der Waals surface area contributed by atoms with E-state index < -0.39 is 6.04 Å². The molecule has 3 nitrogen and oxygen atoms in total. The van der Waals surface area contributed by atoms with E-state index in [1.807, 2.05) is 37.3 Å². The molecule has 0 aromatic heterocycles. The summed E-state index contributed by atoms with van der Waals surface area (Å²) in [4.78, 5) is 12.4. The highest BCUT2D eigenvalue weighted by Gasteiger charge is 2.18. The van der Waals surface area contributed by atoms with Crippen LogP contribution in [0.5, 0.6) is 0 Å². The average Bonchev–Trinajstić information content (AvgIpc) is 2.62. The lowest BCUT2D eigenvalue weighted by Crippen LogP contribution is -2.43. The van der Waals surface area contributed by atoms with Crippen molar-refractivity contribution in [3.63, 3.8) is 0 Å². The number of benzene rings is 2. The molecule has 2 atom stereocenters. The van der Waals surface area contributed by atoms with E-state index in [4.69, 9.17) is 5.73 Å². The Balaban J connectivity index is 1.61. The van der Waals surface area contributed by atoms with Crippen LogP contribution in [-0.4, -0.2) is 11.9 Å². The van der Waals surface area contributed by atoms with Gasteiger partial charge in [-0.15, -0.1) is 0 Å². The topological polar surface area (TPSA) is 55.1 Å². The molecule has 0 aliphatic heterocycles.